The zero-order valence-electron chi connectivity index (χ0n) is 6.55. The highest BCUT2D eigenvalue weighted by molar-refractivity contribution is 9.10. The number of carbonyl (C=O) groups excluding carboxylic acids is 1. The van der Waals surface area contributed by atoms with Gasteiger partial charge in [0.2, 0.25) is 0 Å². The van der Waals surface area contributed by atoms with Crippen LogP contribution in [0.3, 0.4) is 0 Å². The first-order chi connectivity index (χ1) is 5.79. The second-order valence-electron chi connectivity index (χ2n) is 3.04. The van der Waals surface area contributed by atoms with E-state index in [1.54, 1.807) is 11.3 Å². The molecule has 0 N–H and O–H groups in total. The van der Waals surface area contributed by atoms with Crippen molar-refractivity contribution in [3.8, 4) is 0 Å². The molecule has 12 heavy (non-hydrogen) atoms. The third-order valence-corrected chi connectivity index (χ3v) is 4.25. The minimum atomic E-state index is 0.194. The van der Waals surface area contributed by atoms with Gasteiger partial charge >= 0.3 is 0 Å². The van der Waals surface area contributed by atoms with E-state index in [1.165, 1.54) is 4.88 Å². The van der Waals surface area contributed by atoms with Gasteiger partial charge in [0.05, 0.1) is 5.92 Å². The van der Waals surface area contributed by atoms with Gasteiger partial charge in [0.1, 0.15) is 5.78 Å². The lowest BCUT2D eigenvalue weighted by atomic mass is 10.1. The Labute approximate surface area is 83.9 Å². The molecule has 1 aromatic rings. The number of hydrogen-bond donors (Lipinski definition) is 0. The molecule has 1 fully saturated rings. The number of Topliss-reactive ketones (excluding diaryl/α,β-unsaturated/α-hetero) is 1. The zero-order chi connectivity index (χ0) is 8.55. The van der Waals surface area contributed by atoms with E-state index >= 15 is 0 Å². The van der Waals surface area contributed by atoms with Crippen LogP contribution in [0.25, 0.3) is 0 Å². The first-order valence-corrected chi connectivity index (χ1v) is 5.72. The van der Waals surface area contributed by atoms with Crippen LogP contribution >= 0.6 is 27.3 Å². The Morgan fingerprint density at radius 3 is 2.92 bits per heavy atom. The van der Waals surface area contributed by atoms with Crippen LogP contribution in [-0.2, 0) is 4.79 Å². The third kappa shape index (κ3) is 1.36. The Morgan fingerprint density at radius 2 is 2.42 bits per heavy atom. The summed E-state index contributed by atoms with van der Waals surface area (Å²) in [6, 6.07) is 2.02. The lowest BCUT2D eigenvalue weighted by molar-refractivity contribution is -0.118. The van der Waals surface area contributed by atoms with Gasteiger partial charge in [-0.15, -0.1) is 11.3 Å². The Kier molecular flexibility index (Phi) is 2.33. The molecule has 1 aliphatic rings. The summed E-state index contributed by atoms with van der Waals surface area (Å²) < 4.78 is 1.10. The normalized spacial score (nSPS) is 23.4. The molecule has 0 aromatic carbocycles. The lowest BCUT2D eigenvalue weighted by Gasteiger charge is -2.04. The molecule has 1 nitrogen and oxygen atoms in total. The highest BCUT2D eigenvalue weighted by atomic mass is 79.9. The molecule has 0 radical (unpaired) electrons. The molecular formula is C9H9BrOS. The summed E-state index contributed by atoms with van der Waals surface area (Å²) in [5, 5.41) is 2.03. The van der Waals surface area contributed by atoms with Gasteiger partial charge in [-0.1, -0.05) is 0 Å². The molecule has 3 heteroatoms. The number of thiophene rings is 1. The van der Waals surface area contributed by atoms with Crippen molar-refractivity contribution < 1.29 is 4.79 Å². The van der Waals surface area contributed by atoms with E-state index in [2.05, 4.69) is 15.9 Å². The van der Waals surface area contributed by atoms with Crippen LogP contribution in [0, 0.1) is 0 Å². The summed E-state index contributed by atoms with van der Waals surface area (Å²) in [7, 11) is 0. The summed E-state index contributed by atoms with van der Waals surface area (Å²) in [5.41, 5.74) is 0. The van der Waals surface area contributed by atoms with Crippen molar-refractivity contribution in [2.75, 3.05) is 0 Å². The fourth-order valence-electron chi connectivity index (χ4n) is 1.65. The molecule has 0 saturated heterocycles. The van der Waals surface area contributed by atoms with Gasteiger partial charge in [-0.25, -0.2) is 0 Å². The molecule has 0 spiro atoms. The first kappa shape index (κ1) is 8.45. The number of rotatable bonds is 1. The molecule has 1 heterocycles. The van der Waals surface area contributed by atoms with E-state index in [1.807, 2.05) is 11.4 Å². The van der Waals surface area contributed by atoms with Gasteiger partial charge in [0.15, 0.2) is 0 Å². The fourth-order valence-corrected chi connectivity index (χ4v) is 3.46. The number of halogens is 1. The summed E-state index contributed by atoms with van der Waals surface area (Å²) in [5.74, 6) is 0.609. The van der Waals surface area contributed by atoms with Crippen molar-refractivity contribution in [3.63, 3.8) is 0 Å². The van der Waals surface area contributed by atoms with Crippen molar-refractivity contribution in [1.82, 2.24) is 0 Å². The summed E-state index contributed by atoms with van der Waals surface area (Å²) in [6.45, 7) is 0. The monoisotopic (exact) mass is 244 g/mol. The van der Waals surface area contributed by atoms with Crippen LogP contribution < -0.4 is 0 Å². The lowest BCUT2D eigenvalue weighted by Crippen LogP contribution is -2.02. The topological polar surface area (TPSA) is 17.1 Å². The molecule has 1 atom stereocenters. The second-order valence-corrected chi connectivity index (χ2v) is 4.85. The molecule has 1 unspecified atom stereocenters. The van der Waals surface area contributed by atoms with Crippen molar-refractivity contribution in [1.29, 1.82) is 0 Å². The smallest absolute Gasteiger partial charge is 0.141 e. The molecule has 1 saturated carbocycles. The Bertz CT molecular complexity index is 305. The van der Waals surface area contributed by atoms with Crippen LogP contribution in [-0.4, -0.2) is 5.78 Å². The van der Waals surface area contributed by atoms with Crippen LogP contribution in [0.5, 0.6) is 0 Å². The van der Waals surface area contributed by atoms with Gasteiger partial charge in [-0.3, -0.25) is 4.79 Å². The highest BCUT2D eigenvalue weighted by Crippen LogP contribution is 2.38. The minimum absolute atomic E-state index is 0.194. The van der Waals surface area contributed by atoms with E-state index < -0.39 is 0 Å². The van der Waals surface area contributed by atoms with Crippen LogP contribution in [0.1, 0.15) is 30.1 Å². The van der Waals surface area contributed by atoms with Crippen molar-refractivity contribution in [2.24, 2.45) is 0 Å². The van der Waals surface area contributed by atoms with Gasteiger partial charge < -0.3 is 0 Å². The number of hydrogen-bond acceptors (Lipinski definition) is 2. The molecular weight excluding hydrogens is 236 g/mol. The standard InChI is InChI=1S/C9H9BrOS/c10-7-4-5-12-9(7)6-2-1-3-8(6)11/h4-6H,1-3H2. The van der Waals surface area contributed by atoms with Gasteiger partial charge in [0.25, 0.3) is 0 Å². The molecule has 2 rings (SSSR count). The second kappa shape index (κ2) is 3.30. The van der Waals surface area contributed by atoms with Crippen molar-refractivity contribution >= 4 is 33.0 Å². The van der Waals surface area contributed by atoms with E-state index in [0.29, 0.717) is 5.78 Å². The van der Waals surface area contributed by atoms with E-state index in [-0.39, 0.29) is 5.92 Å². The molecule has 0 bridgehead atoms. The molecule has 1 aromatic heterocycles. The fraction of sp³-hybridized carbons (Fsp3) is 0.444. The van der Waals surface area contributed by atoms with Crippen molar-refractivity contribution in [3.05, 3.63) is 20.8 Å². The number of ketones is 1. The molecule has 1 aliphatic carbocycles. The quantitative estimate of drug-likeness (QED) is 0.741. The number of carbonyl (C=O) groups is 1. The van der Waals surface area contributed by atoms with Gasteiger partial charge in [-0.05, 0) is 40.2 Å². The Hall–Kier alpha value is -0.150. The zero-order valence-corrected chi connectivity index (χ0v) is 8.95. The predicted molar refractivity (Wildman–Crippen MR) is 53.6 cm³/mol. The largest absolute Gasteiger partial charge is 0.299 e. The van der Waals surface area contributed by atoms with Crippen molar-refractivity contribution in [2.45, 2.75) is 25.2 Å². The first-order valence-electron chi connectivity index (χ1n) is 4.04. The van der Waals surface area contributed by atoms with Crippen LogP contribution in [0.2, 0.25) is 0 Å². The molecule has 0 aliphatic heterocycles. The maximum absolute atomic E-state index is 11.4. The Morgan fingerprint density at radius 1 is 1.58 bits per heavy atom. The van der Waals surface area contributed by atoms with Gasteiger partial charge in [-0.2, -0.15) is 0 Å². The van der Waals surface area contributed by atoms with E-state index in [0.717, 1.165) is 23.7 Å². The maximum Gasteiger partial charge on any atom is 0.141 e. The molecule has 0 amide bonds. The summed E-state index contributed by atoms with van der Waals surface area (Å²) in [6.07, 6.45) is 2.88. The van der Waals surface area contributed by atoms with Crippen LogP contribution in [0.4, 0.5) is 0 Å². The highest BCUT2D eigenvalue weighted by Gasteiger charge is 2.28. The average molecular weight is 245 g/mol. The van der Waals surface area contributed by atoms with Gasteiger partial charge in [0, 0.05) is 15.8 Å². The SMILES string of the molecule is O=C1CCCC1c1sccc1Br. The summed E-state index contributed by atoms with van der Waals surface area (Å²) >= 11 is 5.14. The van der Waals surface area contributed by atoms with E-state index in [9.17, 15) is 4.79 Å². The third-order valence-electron chi connectivity index (χ3n) is 2.27. The van der Waals surface area contributed by atoms with Crippen LogP contribution in [0.15, 0.2) is 15.9 Å². The average Bonchev–Trinajstić information content (AvgIpc) is 2.59. The van der Waals surface area contributed by atoms with E-state index in [4.69, 9.17) is 0 Å². The predicted octanol–water partition coefficient (Wildman–Crippen LogP) is 3.35. The minimum Gasteiger partial charge on any atom is -0.299 e. The Balaban J connectivity index is 2.30. The molecule has 64 valence electrons. The maximum atomic E-state index is 11.4. The summed E-state index contributed by atoms with van der Waals surface area (Å²) in [4.78, 5) is 12.6.